The fourth-order valence-electron chi connectivity index (χ4n) is 9.23. The number of fused-ring (bicyclic) bond motifs is 7. The van der Waals surface area contributed by atoms with E-state index in [0.717, 1.165) is 56.5 Å². The largest absolute Gasteiger partial charge is 0.455 e. The molecule has 0 unspecified atom stereocenters. The molecule has 0 saturated heterocycles. The second kappa shape index (κ2) is 13.0. The molecule has 0 bridgehead atoms. The molecule has 1 aliphatic rings. The molecule has 0 atom stereocenters. The highest BCUT2D eigenvalue weighted by Gasteiger charge is 2.42. The van der Waals surface area contributed by atoms with Crippen LogP contribution in [0.15, 0.2) is 199 Å². The van der Waals surface area contributed by atoms with Crippen LogP contribution in [-0.2, 0) is 5.41 Å². The maximum atomic E-state index is 6.43. The molecule has 0 N–H and O–H groups in total. The van der Waals surface area contributed by atoms with E-state index >= 15 is 0 Å². The third kappa shape index (κ3) is 5.01. The molecule has 1 aliphatic carbocycles. The van der Waals surface area contributed by atoms with Gasteiger partial charge in [-0.15, -0.1) is 11.3 Å². The molecule has 0 saturated carbocycles. The van der Waals surface area contributed by atoms with Crippen molar-refractivity contribution in [1.82, 2.24) is 0 Å². The summed E-state index contributed by atoms with van der Waals surface area (Å²) < 4.78 is 7.74. The number of rotatable bonds is 7. The molecule has 2 heterocycles. The van der Waals surface area contributed by atoms with Crippen molar-refractivity contribution in [3.8, 4) is 32.7 Å². The van der Waals surface area contributed by atoms with E-state index < -0.39 is 0 Å². The van der Waals surface area contributed by atoms with Crippen LogP contribution in [0.25, 0.3) is 64.7 Å². The molecule has 266 valence electrons. The Bertz CT molecular complexity index is 2980. The van der Waals surface area contributed by atoms with Crippen molar-refractivity contribution in [3.63, 3.8) is 0 Å². The topological polar surface area (TPSA) is 16.4 Å². The van der Waals surface area contributed by atoms with Gasteiger partial charge in [0.05, 0.1) is 0 Å². The lowest BCUT2D eigenvalue weighted by atomic mass is 9.70. The average Bonchev–Trinajstić information content (AvgIpc) is 3.96. The maximum absolute atomic E-state index is 6.43. The number of hydrogen-bond donors (Lipinski definition) is 0. The van der Waals surface area contributed by atoms with Crippen LogP contribution < -0.4 is 4.90 Å². The molecular weight excluding hydrogens is 699 g/mol. The predicted molar refractivity (Wildman–Crippen MR) is 237 cm³/mol. The van der Waals surface area contributed by atoms with E-state index in [2.05, 4.69) is 194 Å². The lowest BCUT2D eigenvalue weighted by Gasteiger charge is -2.33. The second-order valence-electron chi connectivity index (χ2n) is 14.8. The van der Waals surface area contributed by atoms with Gasteiger partial charge in [-0.3, -0.25) is 0 Å². The summed E-state index contributed by atoms with van der Waals surface area (Å²) in [5.41, 5.74) is 15.2. The summed E-state index contributed by atoms with van der Waals surface area (Å²) in [7, 11) is 0. The Labute approximate surface area is 330 Å². The van der Waals surface area contributed by atoms with Gasteiger partial charge in [-0.05, 0) is 105 Å². The normalized spacial score (nSPS) is 12.9. The Morgan fingerprint density at radius 1 is 0.500 bits per heavy atom. The average molecular weight is 736 g/mol. The van der Waals surface area contributed by atoms with Crippen LogP contribution in [0.4, 0.5) is 17.1 Å². The summed E-state index contributed by atoms with van der Waals surface area (Å²) in [5, 5.41) is 3.57. The molecule has 11 rings (SSSR count). The van der Waals surface area contributed by atoms with Gasteiger partial charge >= 0.3 is 0 Å². The van der Waals surface area contributed by atoms with Gasteiger partial charge in [0, 0.05) is 48.4 Å². The van der Waals surface area contributed by atoms with E-state index in [0.29, 0.717) is 0 Å². The lowest BCUT2D eigenvalue weighted by Crippen LogP contribution is -2.26. The zero-order valence-electron chi connectivity index (χ0n) is 30.9. The van der Waals surface area contributed by atoms with Crippen LogP contribution in [0.3, 0.4) is 0 Å². The van der Waals surface area contributed by atoms with Crippen molar-refractivity contribution in [3.05, 3.63) is 211 Å². The van der Waals surface area contributed by atoms with Gasteiger partial charge in [0.2, 0.25) is 0 Å². The summed E-state index contributed by atoms with van der Waals surface area (Å²) in [5.74, 6) is 0. The quantitative estimate of drug-likeness (QED) is 0.162. The Morgan fingerprint density at radius 3 is 1.73 bits per heavy atom. The van der Waals surface area contributed by atoms with Gasteiger partial charge in [0.15, 0.2) is 0 Å². The summed E-state index contributed by atoms with van der Waals surface area (Å²) in [6.45, 7) is 2.32. The number of nitrogens with zero attached hydrogens (tertiary/aromatic N) is 1. The van der Waals surface area contributed by atoms with Crippen molar-refractivity contribution in [2.75, 3.05) is 4.90 Å². The zero-order valence-corrected chi connectivity index (χ0v) is 31.8. The molecule has 2 nitrogen and oxygen atoms in total. The standard InChI is InChI=1S/C53H37NOS/c1-2-53(47-18-7-4-13-43(47)44-14-5-8-19-48(44)53)38-26-32-41(33-27-38)54(40-30-24-36(25-31-40)51-34-37-12-3-10-21-50(37)56-51)39-28-22-35(23-29-39)42-16-11-17-46-45-15-6-9-20-49(45)55-52(42)46/h3-34H,2H2,1H3. The highest BCUT2D eigenvalue weighted by atomic mass is 32.1. The first-order valence-electron chi connectivity index (χ1n) is 19.4. The molecule has 2 aromatic heterocycles. The Kier molecular flexibility index (Phi) is 7.58. The molecule has 0 aliphatic heterocycles. The summed E-state index contributed by atoms with van der Waals surface area (Å²) in [6, 6.07) is 70.8. The van der Waals surface area contributed by atoms with Crippen molar-refractivity contribution in [2.24, 2.45) is 0 Å². The van der Waals surface area contributed by atoms with Crippen molar-refractivity contribution >= 4 is 60.4 Å². The minimum absolute atomic E-state index is 0.207. The molecule has 3 heteroatoms. The van der Waals surface area contributed by atoms with E-state index in [1.807, 2.05) is 23.5 Å². The number of hydrogen-bond acceptors (Lipinski definition) is 3. The van der Waals surface area contributed by atoms with Crippen LogP contribution in [0.2, 0.25) is 0 Å². The van der Waals surface area contributed by atoms with Crippen LogP contribution in [-0.4, -0.2) is 0 Å². The Morgan fingerprint density at radius 2 is 1.05 bits per heavy atom. The van der Waals surface area contributed by atoms with Crippen LogP contribution in [0.5, 0.6) is 0 Å². The highest BCUT2D eigenvalue weighted by Crippen LogP contribution is 2.54. The first-order valence-corrected chi connectivity index (χ1v) is 20.2. The van der Waals surface area contributed by atoms with Gasteiger partial charge in [-0.1, -0.05) is 146 Å². The number of furan rings is 1. The molecule has 8 aromatic carbocycles. The Hall–Kier alpha value is -6.68. The second-order valence-corrected chi connectivity index (χ2v) is 15.8. The lowest BCUT2D eigenvalue weighted by molar-refractivity contribution is 0.609. The van der Waals surface area contributed by atoms with E-state index in [9.17, 15) is 0 Å². The number of para-hydroxylation sites is 2. The summed E-state index contributed by atoms with van der Waals surface area (Å²) >= 11 is 1.84. The van der Waals surface area contributed by atoms with Gasteiger partial charge in [0.1, 0.15) is 11.2 Å². The van der Waals surface area contributed by atoms with Gasteiger partial charge in [0.25, 0.3) is 0 Å². The fourth-order valence-corrected chi connectivity index (χ4v) is 10.3. The Balaban J connectivity index is 1.01. The van der Waals surface area contributed by atoms with E-state index in [4.69, 9.17) is 4.42 Å². The fraction of sp³-hybridized carbons (Fsp3) is 0.0566. The van der Waals surface area contributed by atoms with Crippen molar-refractivity contribution in [2.45, 2.75) is 18.8 Å². The highest BCUT2D eigenvalue weighted by molar-refractivity contribution is 7.22. The van der Waals surface area contributed by atoms with Gasteiger partial charge in [-0.2, -0.15) is 0 Å². The van der Waals surface area contributed by atoms with Crippen molar-refractivity contribution < 1.29 is 4.42 Å². The molecule has 0 spiro atoms. The van der Waals surface area contributed by atoms with Gasteiger partial charge < -0.3 is 9.32 Å². The van der Waals surface area contributed by atoms with E-state index in [1.165, 1.54) is 48.3 Å². The molecular formula is C53H37NOS. The summed E-state index contributed by atoms with van der Waals surface area (Å²) in [6.07, 6.45) is 0.975. The molecule has 0 fully saturated rings. The molecule has 56 heavy (non-hydrogen) atoms. The number of anilines is 3. The first kappa shape index (κ1) is 32.7. The zero-order chi connectivity index (χ0) is 37.2. The minimum atomic E-state index is -0.207. The minimum Gasteiger partial charge on any atom is -0.455 e. The third-order valence-electron chi connectivity index (χ3n) is 11.9. The van der Waals surface area contributed by atoms with Crippen LogP contribution in [0, 0.1) is 0 Å². The van der Waals surface area contributed by atoms with Crippen LogP contribution >= 0.6 is 11.3 Å². The van der Waals surface area contributed by atoms with Crippen LogP contribution in [0.1, 0.15) is 30.0 Å². The number of thiophene rings is 1. The van der Waals surface area contributed by atoms with Crippen molar-refractivity contribution in [1.29, 1.82) is 0 Å². The van der Waals surface area contributed by atoms with E-state index in [1.54, 1.807) is 0 Å². The predicted octanol–water partition coefficient (Wildman–Crippen LogP) is 15.3. The molecule has 0 amide bonds. The summed E-state index contributed by atoms with van der Waals surface area (Å²) in [4.78, 5) is 3.65. The monoisotopic (exact) mass is 735 g/mol. The van der Waals surface area contributed by atoms with E-state index in [-0.39, 0.29) is 5.41 Å². The molecule has 10 aromatic rings. The number of benzene rings is 8. The maximum Gasteiger partial charge on any atom is 0.143 e. The molecule has 0 radical (unpaired) electrons. The SMILES string of the molecule is CCC1(c2ccc(N(c3ccc(-c4cc5ccccc5s4)cc3)c3ccc(-c4cccc5c4oc4ccccc45)cc3)cc2)c2ccccc2-c2ccccc21. The first-order chi connectivity index (χ1) is 27.7. The third-order valence-corrected chi connectivity index (χ3v) is 13.1. The van der Waals surface area contributed by atoms with Gasteiger partial charge in [-0.25, -0.2) is 0 Å². The smallest absolute Gasteiger partial charge is 0.143 e.